The second kappa shape index (κ2) is 7.81. The molecule has 0 aliphatic heterocycles. The van der Waals surface area contributed by atoms with Gasteiger partial charge in [-0.2, -0.15) is 4.57 Å². The Morgan fingerprint density at radius 2 is 1.61 bits per heavy atom. The van der Waals surface area contributed by atoms with Crippen molar-refractivity contribution in [1.82, 2.24) is 4.98 Å². The number of aromatic nitrogens is 2. The normalized spacial score (nSPS) is 12.4. The Kier molecular flexibility index (Phi) is 4.76. The molecule has 0 bridgehead atoms. The van der Waals surface area contributed by atoms with E-state index in [0.717, 1.165) is 33.3 Å². The van der Waals surface area contributed by atoms with E-state index in [9.17, 15) is 0 Å². The van der Waals surface area contributed by atoms with Gasteiger partial charge in [-0.3, -0.25) is 4.98 Å². The summed E-state index contributed by atoms with van der Waals surface area (Å²) < 4.78 is 11.1. The summed E-state index contributed by atoms with van der Waals surface area (Å²) in [6, 6.07) is 22.2. The number of pyridine rings is 2. The van der Waals surface area contributed by atoms with Crippen LogP contribution in [0.25, 0.3) is 43.9 Å². The van der Waals surface area contributed by atoms with E-state index < -0.39 is 0 Å². The molecule has 0 fully saturated rings. The van der Waals surface area contributed by atoms with E-state index in [2.05, 4.69) is 98.9 Å². The molecule has 2 heterocycles. The summed E-state index contributed by atoms with van der Waals surface area (Å²) in [5.41, 5.74) is 8.12. The summed E-state index contributed by atoms with van der Waals surface area (Å²) in [7, 11) is 2.09. The van der Waals surface area contributed by atoms with Crippen LogP contribution in [0.15, 0.2) is 79.1 Å². The fraction of sp³-hybridized carbons (Fsp3) is 0.226. The zero-order valence-corrected chi connectivity index (χ0v) is 20.3. The molecule has 2 nitrogen and oxygen atoms in total. The standard InChI is InChI=1S/C31H31N2/c1-20-16-24-17-22(23-10-9-15-32-19-23)13-14-26(24)30(33(20)6)28-18-29(31(3,4)5)27-12-8-7-11-25(27)21(28)2/h7-19H,1-6H3/q+1/i16D. The van der Waals surface area contributed by atoms with E-state index >= 15 is 0 Å². The van der Waals surface area contributed by atoms with Crippen molar-refractivity contribution in [3.8, 4) is 22.4 Å². The van der Waals surface area contributed by atoms with E-state index in [0.29, 0.717) is 6.04 Å². The third kappa shape index (κ3) is 3.60. The van der Waals surface area contributed by atoms with Gasteiger partial charge >= 0.3 is 0 Å². The van der Waals surface area contributed by atoms with Crippen LogP contribution in [-0.4, -0.2) is 4.98 Å². The summed E-state index contributed by atoms with van der Waals surface area (Å²) in [6.07, 6.45) is 3.67. The maximum Gasteiger partial charge on any atom is 0.220 e. The van der Waals surface area contributed by atoms with Crippen LogP contribution in [0.1, 0.15) is 39.0 Å². The van der Waals surface area contributed by atoms with Crippen molar-refractivity contribution < 1.29 is 5.94 Å². The minimum atomic E-state index is 0.00825. The average molecular weight is 433 g/mol. The van der Waals surface area contributed by atoms with Crippen LogP contribution in [0.2, 0.25) is 0 Å². The van der Waals surface area contributed by atoms with Crippen LogP contribution < -0.4 is 4.57 Å². The van der Waals surface area contributed by atoms with E-state index in [4.69, 9.17) is 1.37 Å². The van der Waals surface area contributed by atoms with Crippen molar-refractivity contribution in [3.05, 3.63) is 95.9 Å². The lowest BCUT2D eigenvalue weighted by Gasteiger charge is -2.24. The van der Waals surface area contributed by atoms with E-state index in [1.165, 1.54) is 27.5 Å². The van der Waals surface area contributed by atoms with Gasteiger partial charge in [0.2, 0.25) is 5.69 Å². The van der Waals surface area contributed by atoms with E-state index in [-0.39, 0.29) is 5.41 Å². The summed E-state index contributed by atoms with van der Waals surface area (Å²) in [5, 5.41) is 4.68. The SMILES string of the molecule is [2H]c1c(C)[n+](C)c(-c2cc(C(C)(C)C)c3ccccc3c2C)c2ccc(-c3cccnc3)cc12. The molecule has 0 saturated heterocycles. The molecule has 5 aromatic rings. The molecule has 2 heteroatoms. The Hall–Kier alpha value is -3.52. The first-order valence-electron chi connectivity index (χ1n) is 12.0. The number of aryl methyl sites for hydroxylation is 1. The third-order valence-electron chi connectivity index (χ3n) is 6.80. The molecule has 0 N–H and O–H groups in total. The van der Waals surface area contributed by atoms with Crippen molar-refractivity contribution in [1.29, 1.82) is 0 Å². The molecular weight excluding hydrogens is 400 g/mol. The molecule has 0 spiro atoms. The minimum absolute atomic E-state index is 0.00825. The van der Waals surface area contributed by atoms with Gasteiger partial charge in [-0.25, -0.2) is 0 Å². The first-order valence-corrected chi connectivity index (χ1v) is 11.5. The molecule has 33 heavy (non-hydrogen) atoms. The predicted molar refractivity (Wildman–Crippen MR) is 139 cm³/mol. The highest BCUT2D eigenvalue weighted by atomic mass is 14.9. The molecular formula is C31H31N2+. The maximum absolute atomic E-state index is 8.94. The van der Waals surface area contributed by atoms with Crippen molar-refractivity contribution in [2.45, 2.75) is 40.0 Å². The molecule has 0 unspecified atom stereocenters. The smallest absolute Gasteiger partial charge is 0.220 e. The Labute approximate surface area is 198 Å². The summed E-state index contributed by atoms with van der Waals surface area (Å²) in [5.74, 6) is 0. The molecule has 0 aliphatic carbocycles. The van der Waals surface area contributed by atoms with Gasteiger partial charge < -0.3 is 0 Å². The van der Waals surface area contributed by atoms with Crippen LogP contribution in [0, 0.1) is 13.8 Å². The lowest BCUT2D eigenvalue weighted by atomic mass is 9.80. The number of hydrogen-bond donors (Lipinski definition) is 0. The van der Waals surface area contributed by atoms with Crippen molar-refractivity contribution in [2.24, 2.45) is 7.05 Å². The van der Waals surface area contributed by atoms with Crippen LogP contribution in [0.4, 0.5) is 0 Å². The van der Waals surface area contributed by atoms with Gasteiger partial charge in [0.1, 0.15) is 7.05 Å². The van der Waals surface area contributed by atoms with Gasteiger partial charge in [0.15, 0.2) is 5.69 Å². The second-order valence-corrected chi connectivity index (χ2v) is 10.0. The summed E-state index contributed by atoms with van der Waals surface area (Å²) in [4.78, 5) is 4.28. The van der Waals surface area contributed by atoms with Crippen LogP contribution >= 0.6 is 0 Å². The second-order valence-electron chi connectivity index (χ2n) is 10.0. The molecule has 2 aromatic heterocycles. The Morgan fingerprint density at radius 1 is 0.848 bits per heavy atom. The predicted octanol–water partition coefficient (Wildman–Crippen LogP) is 7.46. The molecule has 0 saturated carbocycles. The molecule has 0 aliphatic rings. The number of hydrogen-bond acceptors (Lipinski definition) is 1. The van der Waals surface area contributed by atoms with Crippen molar-refractivity contribution in [2.75, 3.05) is 0 Å². The van der Waals surface area contributed by atoms with Gasteiger partial charge in [0, 0.05) is 30.9 Å². The highest BCUT2D eigenvalue weighted by Gasteiger charge is 2.25. The largest absolute Gasteiger partial charge is 0.264 e. The highest BCUT2D eigenvalue weighted by Crippen LogP contribution is 2.39. The molecule has 5 rings (SSSR count). The summed E-state index contributed by atoms with van der Waals surface area (Å²) >= 11 is 0. The topological polar surface area (TPSA) is 16.8 Å². The monoisotopic (exact) mass is 432 g/mol. The quantitative estimate of drug-likeness (QED) is 0.265. The molecule has 0 amide bonds. The first-order chi connectivity index (χ1) is 16.2. The minimum Gasteiger partial charge on any atom is -0.264 e. The van der Waals surface area contributed by atoms with Gasteiger partial charge in [-0.1, -0.05) is 57.2 Å². The van der Waals surface area contributed by atoms with Crippen LogP contribution in [-0.2, 0) is 12.5 Å². The third-order valence-corrected chi connectivity index (χ3v) is 6.80. The fourth-order valence-electron chi connectivity index (χ4n) is 4.91. The Balaban J connectivity index is 1.89. The number of fused-ring (bicyclic) bond motifs is 2. The van der Waals surface area contributed by atoms with Gasteiger partial charge in [0.05, 0.1) is 12.3 Å². The Morgan fingerprint density at radius 3 is 2.30 bits per heavy atom. The van der Waals surface area contributed by atoms with Crippen molar-refractivity contribution >= 4 is 21.5 Å². The van der Waals surface area contributed by atoms with Gasteiger partial charge in [-0.15, -0.1) is 0 Å². The molecule has 164 valence electrons. The van der Waals surface area contributed by atoms with Crippen LogP contribution in [0.3, 0.4) is 0 Å². The van der Waals surface area contributed by atoms with E-state index in [1.807, 2.05) is 19.2 Å². The van der Waals surface area contributed by atoms with Gasteiger partial charge in [-0.05, 0) is 69.5 Å². The molecule has 0 atom stereocenters. The number of rotatable bonds is 2. The van der Waals surface area contributed by atoms with E-state index in [1.54, 1.807) is 6.20 Å². The van der Waals surface area contributed by atoms with Crippen molar-refractivity contribution in [3.63, 3.8) is 0 Å². The Bertz CT molecular complexity index is 1560. The summed E-state index contributed by atoms with van der Waals surface area (Å²) in [6.45, 7) is 11.1. The molecule has 0 radical (unpaired) electrons. The van der Waals surface area contributed by atoms with Crippen LogP contribution in [0.5, 0.6) is 0 Å². The number of benzene rings is 3. The molecule has 3 aromatic carbocycles. The number of nitrogens with zero attached hydrogens (tertiary/aromatic N) is 2. The fourth-order valence-corrected chi connectivity index (χ4v) is 4.91. The van der Waals surface area contributed by atoms with Gasteiger partial charge in [0.25, 0.3) is 0 Å². The zero-order chi connectivity index (χ0) is 24.2. The lowest BCUT2D eigenvalue weighted by molar-refractivity contribution is -0.665. The highest BCUT2D eigenvalue weighted by molar-refractivity contribution is 6.01. The first kappa shape index (κ1) is 20.1. The average Bonchev–Trinajstić information content (AvgIpc) is 2.83. The maximum atomic E-state index is 8.94. The zero-order valence-electron chi connectivity index (χ0n) is 21.3. The lowest BCUT2D eigenvalue weighted by Crippen LogP contribution is -2.35.